The van der Waals surface area contributed by atoms with Gasteiger partial charge in [-0.1, -0.05) is 12.1 Å². The van der Waals surface area contributed by atoms with Crippen molar-refractivity contribution >= 4 is 40.7 Å². The van der Waals surface area contributed by atoms with Gasteiger partial charge < -0.3 is 10.2 Å². The Hall–Kier alpha value is -3.24. The summed E-state index contributed by atoms with van der Waals surface area (Å²) in [5.41, 5.74) is 0.759. The monoisotopic (exact) mass is 452 g/mol. The van der Waals surface area contributed by atoms with Gasteiger partial charge in [0.2, 0.25) is 5.91 Å². The van der Waals surface area contributed by atoms with Crippen molar-refractivity contribution in [3.8, 4) is 0 Å². The molecule has 32 heavy (non-hydrogen) atoms. The molecule has 2 aromatic heterocycles. The summed E-state index contributed by atoms with van der Waals surface area (Å²) in [5, 5.41) is 2.49. The lowest BCUT2D eigenvalue weighted by molar-refractivity contribution is -0.124. The summed E-state index contributed by atoms with van der Waals surface area (Å²) in [6.07, 6.45) is 6.71. The van der Waals surface area contributed by atoms with Gasteiger partial charge in [-0.2, -0.15) is 0 Å². The van der Waals surface area contributed by atoms with Crippen LogP contribution in [0.4, 0.5) is 10.6 Å². The molecule has 9 nitrogen and oxygen atoms in total. The van der Waals surface area contributed by atoms with Crippen LogP contribution in [0, 0.1) is 0 Å². The zero-order valence-corrected chi connectivity index (χ0v) is 18.3. The number of thioether (sulfide) groups is 1. The Morgan fingerprint density at radius 3 is 2.66 bits per heavy atom. The molecule has 0 bridgehead atoms. The SMILES string of the molecule is O=C(CN1CCN(c2ccccn2)CC1)NCCN1C(=O)S/C(=C/c2cccnc2)C1=O. The lowest BCUT2D eigenvalue weighted by Crippen LogP contribution is -2.50. The molecule has 0 aliphatic carbocycles. The van der Waals surface area contributed by atoms with Crippen LogP contribution in [0.25, 0.3) is 6.08 Å². The summed E-state index contributed by atoms with van der Waals surface area (Å²) in [6, 6.07) is 9.43. The molecule has 2 fully saturated rings. The van der Waals surface area contributed by atoms with E-state index in [-0.39, 0.29) is 30.1 Å². The molecule has 10 heteroatoms. The van der Waals surface area contributed by atoms with Gasteiger partial charge in [0.25, 0.3) is 11.1 Å². The first kappa shape index (κ1) is 22.0. The number of piperazine rings is 1. The number of nitrogens with one attached hydrogen (secondary N) is 1. The Bertz CT molecular complexity index is 993. The lowest BCUT2D eigenvalue weighted by atomic mass is 10.2. The predicted molar refractivity (Wildman–Crippen MR) is 123 cm³/mol. The number of amides is 3. The number of hydrogen-bond donors (Lipinski definition) is 1. The highest BCUT2D eigenvalue weighted by atomic mass is 32.2. The van der Waals surface area contributed by atoms with Gasteiger partial charge in [-0.3, -0.25) is 29.2 Å². The van der Waals surface area contributed by atoms with E-state index in [1.54, 1.807) is 30.7 Å². The topological polar surface area (TPSA) is 98.7 Å². The van der Waals surface area contributed by atoms with Crippen molar-refractivity contribution in [3.05, 3.63) is 59.4 Å². The van der Waals surface area contributed by atoms with E-state index in [0.717, 1.165) is 49.3 Å². The third kappa shape index (κ3) is 5.51. The summed E-state index contributed by atoms with van der Waals surface area (Å²) in [5.74, 6) is 0.490. The van der Waals surface area contributed by atoms with E-state index >= 15 is 0 Å². The second kappa shape index (κ2) is 10.4. The molecule has 0 radical (unpaired) electrons. The van der Waals surface area contributed by atoms with Crippen LogP contribution in [0.15, 0.2) is 53.8 Å². The Kier molecular flexibility index (Phi) is 7.13. The fraction of sp³-hybridized carbons (Fsp3) is 0.318. The summed E-state index contributed by atoms with van der Waals surface area (Å²) in [6.45, 7) is 3.82. The van der Waals surface area contributed by atoms with Crippen molar-refractivity contribution in [2.75, 3.05) is 50.7 Å². The molecular weight excluding hydrogens is 428 g/mol. The summed E-state index contributed by atoms with van der Waals surface area (Å²) < 4.78 is 0. The van der Waals surface area contributed by atoms with Gasteiger partial charge in [0.1, 0.15) is 5.82 Å². The molecule has 2 aromatic rings. The van der Waals surface area contributed by atoms with Crippen molar-refractivity contribution in [2.45, 2.75) is 0 Å². The Morgan fingerprint density at radius 1 is 1.09 bits per heavy atom. The molecule has 2 aliphatic heterocycles. The second-order valence-electron chi connectivity index (χ2n) is 7.42. The van der Waals surface area contributed by atoms with Crippen LogP contribution >= 0.6 is 11.8 Å². The first-order valence-corrected chi connectivity index (χ1v) is 11.2. The van der Waals surface area contributed by atoms with Gasteiger partial charge in [-0.05, 0) is 41.6 Å². The van der Waals surface area contributed by atoms with Gasteiger partial charge in [-0.25, -0.2) is 4.98 Å². The van der Waals surface area contributed by atoms with Gasteiger partial charge >= 0.3 is 0 Å². The lowest BCUT2D eigenvalue weighted by Gasteiger charge is -2.34. The highest BCUT2D eigenvalue weighted by molar-refractivity contribution is 8.18. The van der Waals surface area contributed by atoms with E-state index in [1.807, 2.05) is 24.3 Å². The maximum Gasteiger partial charge on any atom is 0.293 e. The smallest absolute Gasteiger partial charge is 0.293 e. The largest absolute Gasteiger partial charge is 0.354 e. The van der Waals surface area contributed by atoms with E-state index in [0.29, 0.717) is 11.4 Å². The predicted octanol–water partition coefficient (Wildman–Crippen LogP) is 1.45. The Labute approximate surface area is 190 Å². The maximum absolute atomic E-state index is 12.5. The van der Waals surface area contributed by atoms with Crippen LogP contribution in [0.5, 0.6) is 0 Å². The van der Waals surface area contributed by atoms with E-state index in [1.165, 1.54) is 4.90 Å². The van der Waals surface area contributed by atoms with E-state index in [4.69, 9.17) is 0 Å². The molecule has 4 rings (SSSR count). The van der Waals surface area contributed by atoms with Crippen LogP contribution in [0.3, 0.4) is 0 Å². The molecule has 0 spiro atoms. The Balaban J connectivity index is 1.19. The summed E-state index contributed by atoms with van der Waals surface area (Å²) in [4.78, 5) is 51.2. The van der Waals surface area contributed by atoms with Gasteiger partial charge in [0.05, 0.1) is 11.4 Å². The average Bonchev–Trinajstić information content (AvgIpc) is 3.08. The zero-order valence-electron chi connectivity index (χ0n) is 17.5. The first-order valence-electron chi connectivity index (χ1n) is 10.4. The van der Waals surface area contributed by atoms with Crippen molar-refractivity contribution < 1.29 is 14.4 Å². The molecular formula is C22H24N6O3S. The quantitative estimate of drug-likeness (QED) is 0.631. The summed E-state index contributed by atoms with van der Waals surface area (Å²) >= 11 is 0.902. The first-order chi connectivity index (χ1) is 15.6. The molecule has 0 atom stereocenters. The normalized spacial score (nSPS) is 18.4. The van der Waals surface area contributed by atoms with Crippen LogP contribution in [-0.2, 0) is 9.59 Å². The number of anilines is 1. The van der Waals surface area contributed by atoms with Crippen LogP contribution in [-0.4, -0.2) is 82.6 Å². The maximum atomic E-state index is 12.5. The number of carbonyl (C=O) groups is 3. The van der Waals surface area contributed by atoms with Crippen LogP contribution in [0.1, 0.15) is 5.56 Å². The molecule has 0 unspecified atom stereocenters. The number of nitrogens with zero attached hydrogens (tertiary/aromatic N) is 5. The third-order valence-electron chi connectivity index (χ3n) is 5.23. The van der Waals surface area contributed by atoms with Crippen molar-refractivity contribution in [3.63, 3.8) is 0 Å². The minimum atomic E-state index is -0.344. The number of pyridine rings is 2. The van der Waals surface area contributed by atoms with Crippen molar-refractivity contribution in [1.82, 2.24) is 25.1 Å². The number of imide groups is 1. The fourth-order valence-corrected chi connectivity index (χ4v) is 4.41. The number of rotatable bonds is 7. The average molecular weight is 453 g/mol. The summed E-state index contributed by atoms with van der Waals surface area (Å²) in [7, 11) is 0. The van der Waals surface area contributed by atoms with Crippen molar-refractivity contribution in [1.29, 1.82) is 0 Å². The van der Waals surface area contributed by atoms with E-state index in [9.17, 15) is 14.4 Å². The van der Waals surface area contributed by atoms with Gasteiger partial charge in [0.15, 0.2) is 0 Å². The highest BCUT2D eigenvalue weighted by Gasteiger charge is 2.34. The number of hydrogen-bond acceptors (Lipinski definition) is 8. The van der Waals surface area contributed by atoms with Gasteiger partial charge in [-0.15, -0.1) is 0 Å². The van der Waals surface area contributed by atoms with Crippen LogP contribution in [0.2, 0.25) is 0 Å². The highest BCUT2D eigenvalue weighted by Crippen LogP contribution is 2.31. The molecule has 0 saturated carbocycles. The minimum absolute atomic E-state index is 0.117. The zero-order chi connectivity index (χ0) is 22.3. The molecule has 3 amide bonds. The molecule has 166 valence electrons. The van der Waals surface area contributed by atoms with Crippen molar-refractivity contribution in [2.24, 2.45) is 0 Å². The van der Waals surface area contributed by atoms with E-state index < -0.39 is 0 Å². The molecule has 1 N–H and O–H groups in total. The molecule has 4 heterocycles. The molecule has 2 aliphatic rings. The standard InChI is InChI=1S/C22H24N6O3S/c29-20(16-26-10-12-27(13-11-26)19-5-1-2-7-24-19)25-8-9-28-21(30)18(32-22(28)31)14-17-4-3-6-23-15-17/h1-7,14-15H,8-13,16H2,(H,25,29)/b18-14+. The number of aromatic nitrogens is 2. The Morgan fingerprint density at radius 2 is 1.94 bits per heavy atom. The number of carbonyl (C=O) groups excluding carboxylic acids is 3. The molecule has 0 aromatic carbocycles. The minimum Gasteiger partial charge on any atom is -0.354 e. The second-order valence-corrected chi connectivity index (χ2v) is 8.41. The van der Waals surface area contributed by atoms with Crippen LogP contribution < -0.4 is 10.2 Å². The third-order valence-corrected chi connectivity index (χ3v) is 6.13. The van der Waals surface area contributed by atoms with Gasteiger partial charge in [0, 0.05) is 57.9 Å². The fourth-order valence-electron chi connectivity index (χ4n) is 3.55. The molecule has 2 saturated heterocycles. The van der Waals surface area contributed by atoms with E-state index in [2.05, 4.69) is 25.1 Å².